The number of hydrogen-bond acceptors (Lipinski definition) is 6. The molecule has 0 fully saturated rings. The lowest BCUT2D eigenvalue weighted by atomic mass is 10.0. The molecule has 0 aliphatic heterocycles. The topological polar surface area (TPSA) is 156 Å². The van der Waals surface area contributed by atoms with Gasteiger partial charge >= 0.3 is 7.67 Å². The van der Waals surface area contributed by atoms with Gasteiger partial charge in [-0.2, -0.15) is 0 Å². The van der Waals surface area contributed by atoms with Crippen molar-refractivity contribution >= 4 is 36.6 Å². The second-order valence-electron chi connectivity index (χ2n) is 6.04. The molecule has 0 saturated carbocycles. The van der Waals surface area contributed by atoms with Gasteiger partial charge in [0.2, 0.25) is 0 Å². The summed E-state index contributed by atoms with van der Waals surface area (Å²) in [6, 6.07) is 4.22. The Labute approximate surface area is 191 Å². The predicted molar refractivity (Wildman–Crippen MR) is 111 cm³/mol. The molecule has 1 rings (SSSR count). The minimum absolute atomic E-state index is 0. The van der Waals surface area contributed by atoms with Crippen LogP contribution in [0.5, 0.6) is 5.75 Å². The number of aliphatic hydroxyl groups is 1. The van der Waals surface area contributed by atoms with E-state index >= 15 is 0 Å². The van der Waals surface area contributed by atoms with Gasteiger partial charge in [0.15, 0.2) is 0 Å². The molecule has 1 aromatic carbocycles. The van der Waals surface area contributed by atoms with Crippen molar-refractivity contribution in [3.05, 3.63) is 33.9 Å². The molecule has 0 aliphatic rings. The van der Waals surface area contributed by atoms with Crippen LogP contribution in [-0.2, 0) is 9.09 Å². The summed E-state index contributed by atoms with van der Waals surface area (Å²) in [6.45, 7) is 1.01. The number of nitro groups is 1. The number of quaternary nitrogens is 1. The van der Waals surface area contributed by atoms with Crippen LogP contribution in [0.1, 0.15) is 24.5 Å². The molecule has 0 amide bonds. The fourth-order valence-electron chi connectivity index (χ4n) is 2.61. The van der Waals surface area contributed by atoms with Crippen LogP contribution >= 0.6 is 30.9 Å². The Bertz CT molecular complexity index is 697. The molecular formula is C16H28Cl3N4O6P. The highest BCUT2D eigenvalue weighted by atomic mass is 35.5. The fourth-order valence-corrected chi connectivity index (χ4v) is 4.73. The van der Waals surface area contributed by atoms with E-state index in [1.54, 1.807) is 0 Å². The molecule has 0 aliphatic carbocycles. The van der Waals surface area contributed by atoms with E-state index in [2.05, 4.69) is 5.73 Å². The largest absolute Gasteiger partial charge is 1.00 e. The molecule has 30 heavy (non-hydrogen) atoms. The Morgan fingerprint density at radius 1 is 1.33 bits per heavy atom. The Kier molecular flexibility index (Phi) is 14.8. The van der Waals surface area contributed by atoms with Crippen LogP contribution in [0.2, 0.25) is 0 Å². The summed E-state index contributed by atoms with van der Waals surface area (Å²) in [5, 5.41) is 20.8. The average Bonchev–Trinajstić information content (AvgIpc) is 2.69. The summed E-state index contributed by atoms with van der Waals surface area (Å²) in [5.74, 6) is 0.686. The molecule has 0 aromatic heterocycles. The summed E-state index contributed by atoms with van der Waals surface area (Å²) in [6.07, 6.45) is -0.584. The second-order valence-corrected chi connectivity index (χ2v) is 8.70. The molecule has 10 nitrogen and oxygen atoms in total. The number of aliphatic hydroxyl groups excluding tert-OH is 1. The summed E-state index contributed by atoms with van der Waals surface area (Å²) in [5.41, 5.74) is 9.57. The maximum atomic E-state index is 13.1. The van der Waals surface area contributed by atoms with E-state index in [-0.39, 0.29) is 68.0 Å². The van der Waals surface area contributed by atoms with E-state index in [4.69, 9.17) is 38.0 Å². The minimum atomic E-state index is -3.87. The first-order valence-electron chi connectivity index (χ1n) is 9.06. The van der Waals surface area contributed by atoms with Gasteiger partial charge in [-0.3, -0.25) is 19.2 Å². The van der Waals surface area contributed by atoms with Crippen molar-refractivity contribution in [2.45, 2.75) is 18.9 Å². The fraction of sp³-hybridized carbons (Fsp3) is 0.625. The van der Waals surface area contributed by atoms with Crippen molar-refractivity contribution in [1.82, 2.24) is 4.67 Å². The standard InChI is InChI=1S/C16H27Cl2N4O6P.ClH/c17-5-8-21(9-6-18)29(20,26)28-16(2-1-10-23)14-12-13(27-11-7-19)3-4-15(14)22(24)25;/h3-4,12,16,23H,1-2,5-11,19H2,(H2,20,26);1H. The summed E-state index contributed by atoms with van der Waals surface area (Å²) >= 11 is 11.5. The number of ether oxygens (including phenoxy) is 1. The van der Waals surface area contributed by atoms with Gasteiger partial charge in [0.05, 0.1) is 16.6 Å². The van der Waals surface area contributed by atoms with E-state index in [0.717, 1.165) is 0 Å². The van der Waals surface area contributed by atoms with Crippen molar-refractivity contribution in [3.8, 4) is 5.75 Å². The zero-order chi connectivity index (χ0) is 21.9. The maximum Gasteiger partial charge on any atom is 0.341 e. The summed E-state index contributed by atoms with van der Waals surface area (Å²) in [4.78, 5) is 11.0. The molecule has 14 heteroatoms. The molecule has 6 N–H and O–H groups in total. The van der Waals surface area contributed by atoms with Gasteiger partial charge in [0.25, 0.3) is 5.69 Å². The smallest absolute Gasteiger partial charge is 0.341 e. The van der Waals surface area contributed by atoms with Gasteiger partial charge in [0, 0.05) is 37.5 Å². The van der Waals surface area contributed by atoms with Crippen LogP contribution in [0.4, 0.5) is 5.69 Å². The van der Waals surface area contributed by atoms with Crippen molar-refractivity contribution in [3.63, 3.8) is 0 Å². The molecule has 174 valence electrons. The number of halogens is 3. The Morgan fingerprint density at radius 3 is 2.47 bits per heavy atom. The van der Waals surface area contributed by atoms with Gasteiger partial charge in [-0.05, 0) is 25.0 Å². The number of nitro benzene ring substituents is 1. The number of rotatable bonds is 15. The van der Waals surface area contributed by atoms with Crippen LogP contribution < -0.4 is 28.4 Å². The zero-order valence-electron chi connectivity index (χ0n) is 16.4. The molecule has 0 spiro atoms. The maximum absolute atomic E-state index is 13.1. The molecule has 0 radical (unpaired) electrons. The van der Waals surface area contributed by atoms with E-state index in [0.29, 0.717) is 18.9 Å². The lowest BCUT2D eigenvalue weighted by Gasteiger charge is -2.30. The molecule has 1 aromatic rings. The summed E-state index contributed by atoms with van der Waals surface area (Å²) < 4.78 is 25.6. The quantitative estimate of drug-likeness (QED) is 0.116. The molecular weight excluding hydrogens is 482 g/mol. The molecule has 0 heterocycles. The van der Waals surface area contributed by atoms with Crippen LogP contribution in [0.3, 0.4) is 0 Å². The highest BCUT2D eigenvalue weighted by Gasteiger charge is 2.33. The number of nitrogens with zero attached hydrogens (tertiary/aromatic N) is 2. The highest BCUT2D eigenvalue weighted by molar-refractivity contribution is 7.53. The lowest BCUT2D eigenvalue weighted by Crippen LogP contribution is -3.00. The van der Waals surface area contributed by atoms with Crippen LogP contribution in [0, 0.1) is 10.1 Å². The van der Waals surface area contributed by atoms with Crippen LogP contribution in [0.25, 0.3) is 0 Å². The molecule has 0 saturated heterocycles. The van der Waals surface area contributed by atoms with E-state index in [1.807, 2.05) is 0 Å². The molecule has 2 unspecified atom stereocenters. The van der Waals surface area contributed by atoms with Crippen molar-refractivity contribution in [2.75, 3.05) is 44.6 Å². The minimum Gasteiger partial charge on any atom is -1.00 e. The van der Waals surface area contributed by atoms with Gasteiger partial charge in [0.1, 0.15) is 18.9 Å². The van der Waals surface area contributed by atoms with E-state index < -0.39 is 18.7 Å². The predicted octanol–water partition coefficient (Wildman–Crippen LogP) is -1.10. The first kappa shape index (κ1) is 29.3. The highest BCUT2D eigenvalue weighted by Crippen LogP contribution is 2.49. The normalized spacial score (nSPS) is 14.1. The molecule has 0 bridgehead atoms. The van der Waals surface area contributed by atoms with Gasteiger partial charge in [-0.25, -0.2) is 10.2 Å². The summed E-state index contributed by atoms with van der Waals surface area (Å²) in [7, 11) is -3.87. The van der Waals surface area contributed by atoms with Crippen molar-refractivity contribution in [1.29, 1.82) is 0 Å². The Hall–Kier alpha value is -0.680. The van der Waals surface area contributed by atoms with Gasteiger partial charge < -0.3 is 28.0 Å². The van der Waals surface area contributed by atoms with E-state index in [9.17, 15) is 19.8 Å². The first-order chi connectivity index (χ1) is 13.8. The van der Waals surface area contributed by atoms with E-state index in [1.165, 1.54) is 22.9 Å². The van der Waals surface area contributed by atoms with Crippen LogP contribution in [-0.4, -0.2) is 59.3 Å². The Balaban J connectivity index is 0.00000841. The van der Waals surface area contributed by atoms with Crippen molar-refractivity contribution < 1.29 is 42.0 Å². The third-order valence-corrected chi connectivity index (χ3v) is 6.02. The third-order valence-electron chi connectivity index (χ3n) is 3.94. The average molecular weight is 510 g/mol. The third kappa shape index (κ3) is 9.21. The monoisotopic (exact) mass is 508 g/mol. The van der Waals surface area contributed by atoms with Gasteiger partial charge in [-0.1, -0.05) is 0 Å². The van der Waals surface area contributed by atoms with Crippen molar-refractivity contribution in [2.24, 2.45) is 5.50 Å². The number of alkyl halides is 2. The van der Waals surface area contributed by atoms with Crippen LogP contribution in [0.15, 0.2) is 18.2 Å². The number of nitrogens with two attached hydrogens (primary N) is 1. The number of hydrogen-bond donors (Lipinski definition) is 3. The SMILES string of the molecule is NP(=O)(OC(CCCO)c1cc(OCC[NH3+])ccc1[N+](=O)[O-])N(CCCl)CCCl.[Cl-]. The zero-order valence-corrected chi connectivity index (χ0v) is 19.6. The molecule has 2 atom stereocenters. The first-order valence-corrected chi connectivity index (χ1v) is 11.8. The van der Waals surface area contributed by atoms with Gasteiger partial charge in [-0.15, -0.1) is 23.2 Å². The number of benzene rings is 1. The second kappa shape index (κ2) is 15.2. The Morgan fingerprint density at radius 2 is 1.97 bits per heavy atom. The lowest BCUT2D eigenvalue weighted by molar-refractivity contribution is -0.386.